The number of aryl methyl sites for hydroxylation is 1. The van der Waals surface area contributed by atoms with E-state index in [0.717, 1.165) is 11.0 Å². The number of imidazole rings is 1. The summed E-state index contributed by atoms with van der Waals surface area (Å²) in [5.41, 5.74) is 4.06. The summed E-state index contributed by atoms with van der Waals surface area (Å²) in [6.07, 6.45) is 0. The second-order valence-electron chi connectivity index (χ2n) is 4.73. The summed E-state index contributed by atoms with van der Waals surface area (Å²) in [7, 11) is 0. The second kappa shape index (κ2) is 5.29. The van der Waals surface area contributed by atoms with Gasteiger partial charge in [-0.3, -0.25) is 0 Å². The van der Waals surface area contributed by atoms with Crippen molar-refractivity contribution in [3.05, 3.63) is 61.7 Å². The van der Waals surface area contributed by atoms with Crippen molar-refractivity contribution in [3.8, 4) is 0 Å². The van der Waals surface area contributed by atoms with Gasteiger partial charge in [0, 0.05) is 6.07 Å². The molecule has 102 valence electrons. The van der Waals surface area contributed by atoms with E-state index in [-0.39, 0.29) is 5.82 Å². The summed E-state index contributed by atoms with van der Waals surface area (Å²) in [5, 5.41) is 0. The van der Waals surface area contributed by atoms with Gasteiger partial charge < -0.3 is 9.55 Å². The maximum Gasteiger partial charge on any atom is 0.178 e. The lowest BCUT2D eigenvalue weighted by Crippen LogP contribution is -2.01. The highest BCUT2D eigenvalue weighted by atomic mass is 127. The molecule has 0 saturated heterocycles. The first kappa shape index (κ1) is 13.8. The van der Waals surface area contributed by atoms with Crippen LogP contribution in [0.15, 0.2) is 36.4 Å². The predicted octanol–water partition coefficient (Wildman–Crippen LogP) is 4.80. The van der Waals surface area contributed by atoms with Gasteiger partial charge in [-0.25, -0.2) is 4.39 Å². The zero-order valence-corrected chi connectivity index (χ0v) is 13.8. The lowest BCUT2D eigenvalue weighted by Gasteiger charge is -2.08. The topological polar surface area (TPSA) is 20.7 Å². The Bertz CT molecular complexity index is 851. The van der Waals surface area contributed by atoms with Crippen LogP contribution in [0.25, 0.3) is 11.0 Å². The molecular formula is C15H12FIN2S. The first-order valence-corrected chi connectivity index (χ1v) is 7.67. The monoisotopic (exact) mass is 398 g/mol. The number of aromatic nitrogens is 2. The molecule has 0 aliphatic carbocycles. The molecule has 0 saturated carbocycles. The van der Waals surface area contributed by atoms with Crippen molar-refractivity contribution in [3.63, 3.8) is 0 Å². The Morgan fingerprint density at radius 1 is 1.30 bits per heavy atom. The predicted molar refractivity (Wildman–Crippen MR) is 90.1 cm³/mol. The lowest BCUT2D eigenvalue weighted by atomic mass is 10.1. The summed E-state index contributed by atoms with van der Waals surface area (Å²) in [6.45, 7) is 2.71. The highest BCUT2D eigenvalue weighted by molar-refractivity contribution is 14.1. The zero-order chi connectivity index (χ0) is 14.3. The van der Waals surface area contributed by atoms with Gasteiger partial charge in [0.25, 0.3) is 0 Å². The maximum absolute atomic E-state index is 13.8. The number of H-pyrrole nitrogens is 1. The van der Waals surface area contributed by atoms with Crippen LogP contribution in [-0.2, 0) is 6.54 Å². The molecule has 0 spiro atoms. The molecule has 3 aromatic rings. The van der Waals surface area contributed by atoms with E-state index in [4.69, 9.17) is 12.2 Å². The van der Waals surface area contributed by atoms with Crippen LogP contribution < -0.4 is 0 Å². The summed E-state index contributed by atoms with van der Waals surface area (Å²) >= 11 is 7.35. The third-order valence-electron chi connectivity index (χ3n) is 3.41. The third kappa shape index (κ3) is 2.40. The first-order chi connectivity index (χ1) is 9.56. The van der Waals surface area contributed by atoms with Gasteiger partial charge in [-0.1, -0.05) is 24.3 Å². The molecule has 1 heterocycles. The van der Waals surface area contributed by atoms with E-state index < -0.39 is 0 Å². The van der Waals surface area contributed by atoms with E-state index in [9.17, 15) is 4.39 Å². The molecule has 20 heavy (non-hydrogen) atoms. The molecule has 1 N–H and O–H groups in total. The van der Waals surface area contributed by atoms with Crippen molar-refractivity contribution in [2.24, 2.45) is 0 Å². The number of aromatic amines is 1. The summed E-state index contributed by atoms with van der Waals surface area (Å²) in [5.74, 6) is -0.217. The second-order valence-corrected chi connectivity index (χ2v) is 6.28. The first-order valence-electron chi connectivity index (χ1n) is 6.18. The van der Waals surface area contributed by atoms with Gasteiger partial charge in [-0.2, -0.15) is 0 Å². The van der Waals surface area contributed by atoms with E-state index in [1.54, 1.807) is 12.1 Å². The number of nitrogens with zero attached hydrogens (tertiary/aromatic N) is 1. The van der Waals surface area contributed by atoms with Gasteiger partial charge in [0.05, 0.1) is 21.1 Å². The van der Waals surface area contributed by atoms with Gasteiger partial charge in [0.1, 0.15) is 5.82 Å². The molecule has 5 heteroatoms. The molecule has 0 radical (unpaired) electrons. The van der Waals surface area contributed by atoms with Crippen LogP contribution >= 0.6 is 34.8 Å². The van der Waals surface area contributed by atoms with Gasteiger partial charge in [0.2, 0.25) is 0 Å². The van der Waals surface area contributed by atoms with Crippen LogP contribution in [-0.4, -0.2) is 9.55 Å². The molecule has 1 aromatic heterocycles. The minimum absolute atomic E-state index is 0.217. The zero-order valence-electron chi connectivity index (χ0n) is 10.8. The standard InChI is InChI=1S/C15H12FIN2S/c1-9-4-2-3-5-10(9)8-19-14-6-11(16)12(17)7-13(14)18-15(19)20/h2-7H,8H2,1H3,(H,18,20). The Hall–Kier alpha value is -1.21. The maximum atomic E-state index is 13.8. The van der Waals surface area contributed by atoms with E-state index in [1.165, 1.54) is 11.1 Å². The van der Waals surface area contributed by atoms with E-state index >= 15 is 0 Å². The average Bonchev–Trinajstić information content (AvgIpc) is 2.69. The smallest absolute Gasteiger partial charge is 0.178 e. The number of fused-ring (bicyclic) bond motifs is 1. The number of hydrogen-bond donors (Lipinski definition) is 1. The minimum Gasteiger partial charge on any atom is -0.331 e. The molecule has 2 aromatic carbocycles. The molecule has 0 atom stereocenters. The number of rotatable bonds is 2. The van der Waals surface area contributed by atoms with Crippen molar-refractivity contribution >= 4 is 45.8 Å². The van der Waals surface area contributed by atoms with Crippen LogP contribution in [0, 0.1) is 21.1 Å². The molecule has 0 unspecified atom stereocenters. The Morgan fingerprint density at radius 3 is 2.80 bits per heavy atom. The van der Waals surface area contributed by atoms with Crippen LogP contribution in [0.4, 0.5) is 4.39 Å². The molecule has 0 aliphatic heterocycles. The number of halogens is 2. The molecule has 0 amide bonds. The van der Waals surface area contributed by atoms with Crippen molar-refractivity contribution in [1.29, 1.82) is 0 Å². The molecule has 2 nitrogen and oxygen atoms in total. The number of benzene rings is 2. The van der Waals surface area contributed by atoms with Crippen LogP contribution in [0.5, 0.6) is 0 Å². The van der Waals surface area contributed by atoms with Crippen LogP contribution in [0.3, 0.4) is 0 Å². The summed E-state index contributed by atoms with van der Waals surface area (Å²) in [6, 6.07) is 11.5. The third-order valence-corrected chi connectivity index (χ3v) is 4.56. The Labute approximate surface area is 134 Å². The fourth-order valence-corrected chi connectivity index (χ4v) is 3.01. The fraction of sp³-hybridized carbons (Fsp3) is 0.133. The lowest BCUT2D eigenvalue weighted by molar-refractivity contribution is 0.621. The van der Waals surface area contributed by atoms with Crippen molar-refractivity contribution in [2.45, 2.75) is 13.5 Å². The minimum atomic E-state index is -0.217. The van der Waals surface area contributed by atoms with Crippen molar-refractivity contribution in [2.75, 3.05) is 0 Å². The molecule has 0 aliphatic rings. The van der Waals surface area contributed by atoms with Crippen molar-refractivity contribution in [1.82, 2.24) is 9.55 Å². The molecular weight excluding hydrogens is 386 g/mol. The Kier molecular flexibility index (Phi) is 3.64. The summed E-state index contributed by atoms with van der Waals surface area (Å²) < 4.78 is 16.9. The molecule has 0 bridgehead atoms. The highest BCUT2D eigenvalue weighted by Gasteiger charge is 2.10. The molecule has 3 rings (SSSR count). The number of nitrogens with one attached hydrogen (secondary N) is 1. The Balaban J connectivity index is 2.17. The van der Waals surface area contributed by atoms with E-state index in [0.29, 0.717) is 14.9 Å². The fourth-order valence-electron chi connectivity index (χ4n) is 2.27. The Morgan fingerprint density at radius 2 is 2.05 bits per heavy atom. The van der Waals surface area contributed by atoms with Crippen LogP contribution in [0.2, 0.25) is 0 Å². The molecule has 0 fully saturated rings. The summed E-state index contributed by atoms with van der Waals surface area (Å²) in [4.78, 5) is 3.14. The highest BCUT2D eigenvalue weighted by Crippen LogP contribution is 2.22. The number of hydrogen-bond acceptors (Lipinski definition) is 1. The van der Waals surface area contributed by atoms with Gasteiger partial charge in [-0.05, 0) is 58.9 Å². The average molecular weight is 398 g/mol. The van der Waals surface area contributed by atoms with E-state index in [2.05, 4.69) is 24.0 Å². The van der Waals surface area contributed by atoms with Crippen molar-refractivity contribution < 1.29 is 4.39 Å². The van der Waals surface area contributed by atoms with Gasteiger partial charge in [-0.15, -0.1) is 0 Å². The normalized spacial score (nSPS) is 11.2. The quantitative estimate of drug-likeness (QED) is 0.486. The largest absolute Gasteiger partial charge is 0.331 e. The van der Waals surface area contributed by atoms with Gasteiger partial charge >= 0.3 is 0 Å². The SMILES string of the molecule is Cc1ccccc1Cn1c(=S)[nH]c2cc(I)c(F)cc21. The van der Waals surface area contributed by atoms with E-state index in [1.807, 2.05) is 39.3 Å². The van der Waals surface area contributed by atoms with Crippen LogP contribution in [0.1, 0.15) is 11.1 Å². The van der Waals surface area contributed by atoms with Gasteiger partial charge in [0.15, 0.2) is 4.77 Å².